The van der Waals surface area contributed by atoms with Gasteiger partial charge in [0.1, 0.15) is 5.75 Å². The Hall–Kier alpha value is -3.06. The first-order valence-corrected chi connectivity index (χ1v) is 10.7. The quantitative estimate of drug-likeness (QED) is 0.468. The van der Waals surface area contributed by atoms with Crippen molar-refractivity contribution in [3.05, 3.63) is 64.6 Å². The summed E-state index contributed by atoms with van der Waals surface area (Å²) in [4.78, 5) is 31.4. The van der Waals surface area contributed by atoms with Gasteiger partial charge in [-0.25, -0.2) is 9.79 Å². The number of carbonyl (C=O) groups excluding carboxylic acids is 2. The molecule has 1 saturated heterocycles. The highest BCUT2D eigenvalue weighted by Gasteiger charge is 2.32. The second kappa shape index (κ2) is 10.1. The summed E-state index contributed by atoms with van der Waals surface area (Å²) in [6, 6.07) is 14.4. The number of esters is 1. The molecule has 30 heavy (non-hydrogen) atoms. The SMILES string of the molecule is CCOC(=O)c1ccc(N=C2SC(=Cc3ccc(OCC)cc3)C(=O)N2CC)cc1. The van der Waals surface area contributed by atoms with Gasteiger partial charge in [0, 0.05) is 6.54 Å². The lowest BCUT2D eigenvalue weighted by molar-refractivity contribution is -0.122. The molecule has 3 rings (SSSR count). The highest BCUT2D eigenvalue weighted by atomic mass is 32.2. The third-order valence-electron chi connectivity index (χ3n) is 4.30. The molecule has 1 heterocycles. The first-order chi connectivity index (χ1) is 14.5. The van der Waals surface area contributed by atoms with Crippen LogP contribution in [-0.2, 0) is 9.53 Å². The molecular weight excluding hydrogens is 400 g/mol. The van der Waals surface area contributed by atoms with Crippen molar-refractivity contribution in [3.8, 4) is 5.75 Å². The molecule has 1 fully saturated rings. The molecular formula is C23H24N2O4S. The van der Waals surface area contributed by atoms with E-state index in [0.717, 1.165) is 11.3 Å². The zero-order valence-corrected chi connectivity index (χ0v) is 18.1. The highest BCUT2D eigenvalue weighted by molar-refractivity contribution is 8.18. The van der Waals surface area contributed by atoms with Crippen LogP contribution in [0.4, 0.5) is 5.69 Å². The molecule has 0 unspecified atom stereocenters. The van der Waals surface area contributed by atoms with Crippen LogP contribution in [0.1, 0.15) is 36.7 Å². The van der Waals surface area contributed by atoms with Gasteiger partial charge >= 0.3 is 5.97 Å². The van der Waals surface area contributed by atoms with E-state index in [1.165, 1.54) is 11.8 Å². The van der Waals surface area contributed by atoms with Gasteiger partial charge in [-0.05, 0) is 80.6 Å². The normalized spacial score (nSPS) is 16.4. The Morgan fingerprint density at radius 3 is 2.33 bits per heavy atom. The molecule has 0 N–H and O–H groups in total. The number of hydrogen-bond acceptors (Lipinski definition) is 6. The van der Waals surface area contributed by atoms with Crippen molar-refractivity contribution in [2.45, 2.75) is 20.8 Å². The molecule has 0 radical (unpaired) electrons. The fourth-order valence-corrected chi connectivity index (χ4v) is 3.91. The average Bonchev–Trinajstić information content (AvgIpc) is 3.04. The third-order valence-corrected chi connectivity index (χ3v) is 5.30. The van der Waals surface area contributed by atoms with Gasteiger partial charge in [-0.15, -0.1) is 0 Å². The molecule has 0 atom stereocenters. The van der Waals surface area contributed by atoms with Crippen LogP contribution < -0.4 is 4.74 Å². The lowest BCUT2D eigenvalue weighted by Gasteiger charge is -2.12. The highest BCUT2D eigenvalue weighted by Crippen LogP contribution is 2.34. The van der Waals surface area contributed by atoms with Crippen LogP contribution in [-0.4, -0.2) is 41.7 Å². The number of ether oxygens (including phenoxy) is 2. The van der Waals surface area contributed by atoms with Crippen LogP contribution >= 0.6 is 11.8 Å². The second-order valence-corrected chi connectivity index (χ2v) is 7.33. The maximum absolute atomic E-state index is 12.8. The minimum atomic E-state index is -0.363. The second-order valence-electron chi connectivity index (χ2n) is 6.32. The Bertz CT molecular complexity index is 966. The van der Waals surface area contributed by atoms with Crippen LogP contribution in [0.5, 0.6) is 5.75 Å². The smallest absolute Gasteiger partial charge is 0.338 e. The fourth-order valence-electron chi connectivity index (χ4n) is 2.85. The lowest BCUT2D eigenvalue weighted by atomic mass is 10.2. The van der Waals surface area contributed by atoms with Gasteiger partial charge in [-0.3, -0.25) is 9.69 Å². The van der Waals surface area contributed by atoms with Crippen LogP contribution in [0.25, 0.3) is 6.08 Å². The van der Waals surface area contributed by atoms with Crippen molar-refractivity contribution in [2.75, 3.05) is 19.8 Å². The maximum Gasteiger partial charge on any atom is 0.338 e. The number of likely N-dealkylation sites (N-methyl/N-ethyl adjacent to an activating group) is 1. The predicted molar refractivity (Wildman–Crippen MR) is 120 cm³/mol. The van der Waals surface area contributed by atoms with E-state index in [0.29, 0.717) is 41.1 Å². The van der Waals surface area contributed by atoms with Crippen molar-refractivity contribution < 1.29 is 19.1 Å². The van der Waals surface area contributed by atoms with Crippen molar-refractivity contribution in [2.24, 2.45) is 4.99 Å². The van der Waals surface area contributed by atoms with E-state index in [9.17, 15) is 9.59 Å². The first kappa shape index (κ1) is 21.6. The Labute approximate surface area is 180 Å². The molecule has 0 bridgehead atoms. The van der Waals surface area contributed by atoms with E-state index >= 15 is 0 Å². The number of rotatable bonds is 7. The largest absolute Gasteiger partial charge is 0.494 e. The number of amides is 1. The van der Waals surface area contributed by atoms with Gasteiger partial charge in [0.05, 0.1) is 29.4 Å². The van der Waals surface area contributed by atoms with Crippen molar-refractivity contribution >= 4 is 40.6 Å². The van der Waals surface area contributed by atoms with Gasteiger partial charge < -0.3 is 9.47 Å². The van der Waals surface area contributed by atoms with Gasteiger partial charge in [0.2, 0.25) is 0 Å². The molecule has 1 aliphatic rings. The molecule has 1 aliphatic heterocycles. The van der Waals surface area contributed by atoms with Gasteiger partial charge in [0.25, 0.3) is 5.91 Å². The van der Waals surface area contributed by atoms with Crippen LogP contribution in [0.3, 0.4) is 0 Å². The molecule has 1 amide bonds. The number of benzene rings is 2. The molecule has 0 saturated carbocycles. The molecule has 2 aromatic rings. The van der Waals surface area contributed by atoms with Gasteiger partial charge in [0.15, 0.2) is 5.17 Å². The number of carbonyl (C=O) groups is 2. The molecule has 0 aromatic heterocycles. The Morgan fingerprint density at radius 1 is 1.03 bits per heavy atom. The third kappa shape index (κ3) is 5.10. The van der Waals surface area contributed by atoms with Gasteiger partial charge in [-0.2, -0.15) is 0 Å². The minimum Gasteiger partial charge on any atom is -0.494 e. The van der Waals surface area contributed by atoms with E-state index in [2.05, 4.69) is 4.99 Å². The Morgan fingerprint density at radius 2 is 1.73 bits per heavy atom. The molecule has 0 aliphatic carbocycles. The number of thioether (sulfide) groups is 1. The van der Waals surface area contributed by atoms with Crippen molar-refractivity contribution in [1.29, 1.82) is 0 Å². The van der Waals surface area contributed by atoms with E-state index in [1.54, 1.807) is 36.1 Å². The molecule has 156 valence electrons. The molecule has 6 nitrogen and oxygen atoms in total. The Balaban J connectivity index is 1.80. The topological polar surface area (TPSA) is 68.2 Å². The monoisotopic (exact) mass is 424 g/mol. The summed E-state index contributed by atoms with van der Waals surface area (Å²) in [6.07, 6.45) is 1.86. The minimum absolute atomic E-state index is 0.0710. The molecule has 2 aromatic carbocycles. The first-order valence-electron chi connectivity index (χ1n) is 9.85. The molecule has 0 spiro atoms. The molecule has 7 heteroatoms. The fraction of sp³-hybridized carbons (Fsp3) is 0.261. The Kier molecular flexibility index (Phi) is 7.30. The zero-order valence-electron chi connectivity index (χ0n) is 17.3. The summed E-state index contributed by atoms with van der Waals surface area (Å²) in [5.41, 5.74) is 2.06. The maximum atomic E-state index is 12.8. The number of aliphatic imine (C=N–C) groups is 1. The van der Waals surface area contributed by atoms with E-state index < -0.39 is 0 Å². The lowest BCUT2D eigenvalue weighted by Crippen LogP contribution is -2.28. The van der Waals surface area contributed by atoms with E-state index in [-0.39, 0.29) is 11.9 Å². The predicted octanol–water partition coefficient (Wildman–Crippen LogP) is 4.89. The summed E-state index contributed by atoms with van der Waals surface area (Å²) < 4.78 is 10.5. The summed E-state index contributed by atoms with van der Waals surface area (Å²) in [6.45, 7) is 7.08. The van der Waals surface area contributed by atoms with E-state index in [1.807, 2.05) is 44.2 Å². The van der Waals surface area contributed by atoms with Crippen molar-refractivity contribution in [1.82, 2.24) is 4.90 Å². The van der Waals surface area contributed by atoms with Crippen molar-refractivity contribution in [3.63, 3.8) is 0 Å². The zero-order chi connectivity index (χ0) is 21.5. The summed E-state index contributed by atoms with van der Waals surface area (Å²) in [5.74, 6) is 0.366. The number of hydrogen-bond donors (Lipinski definition) is 0. The summed E-state index contributed by atoms with van der Waals surface area (Å²) >= 11 is 1.34. The average molecular weight is 425 g/mol. The van der Waals surface area contributed by atoms with Crippen LogP contribution in [0, 0.1) is 0 Å². The summed E-state index contributed by atoms with van der Waals surface area (Å²) in [7, 11) is 0. The number of nitrogens with zero attached hydrogens (tertiary/aromatic N) is 2. The summed E-state index contributed by atoms with van der Waals surface area (Å²) in [5, 5.41) is 0.614. The van der Waals surface area contributed by atoms with Crippen LogP contribution in [0.2, 0.25) is 0 Å². The number of amidine groups is 1. The van der Waals surface area contributed by atoms with E-state index in [4.69, 9.17) is 9.47 Å². The van der Waals surface area contributed by atoms with Crippen LogP contribution in [0.15, 0.2) is 58.4 Å². The van der Waals surface area contributed by atoms with Gasteiger partial charge in [-0.1, -0.05) is 12.1 Å². The standard InChI is InChI=1S/C23H24N2O4S/c1-4-25-21(26)20(15-16-7-13-19(14-8-16)28-5-2)30-23(25)24-18-11-9-17(10-12-18)22(27)29-6-3/h7-15H,4-6H2,1-3H3.